The maximum Gasteiger partial charge on any atom is 0.322 e. The zero-order chi connectivity index (χ0) is 23.9. The van der Waals surface area contributed by atoms with Crippen LogP contribution in [0.25, 0.3) is 0 Å². The molecule has 0 saturated carbocycles. The summed E-state index contributed by atoms with van der Waals surface area (Å²) in [6, 6.07) is 1.41. The minimum absolute atomic E-state index is 0.0585. The second-order valence-electron chi connectivity index (χ2n) is 7.75. The molecule has 0 radical (unpaired) electrons. The normalized spacial score (nSPS) is 17.8. The maximum absolute atomic E-state index is 14.2. The number of rotatable bonds is 3. The van der Waals surface area contributed by atoms with E-state index in [2.05, 4.69) is 15.7 Å². The molecule has 1 aromatic carbocycles. The van der Waals surface area contributed by atoms with Gasteiger partial charge in [-0.15, -0.1) is 0 Å². The van der Waals surface area contributed by atoms with Crippen LogP contribution < -0.4 is 10.6 Å². The third kappa shape index (κ3) is 4.48. The molecule has 13 heteroatoms. The first kappa shape index (κ1) is 22.9. The summed E-state index contributed by atoms with van der Waals surface area (Å²) in [7, 11) is 1.46. The van der Waals surface area contributed by atoms with Crippen LogP contribution in [0, 0.1) is 11.6 Å². The molecule has 2 N–H and O–H groups in total. The SMILES string of the molecule is CC(=O)NC[C@H]1Cn2nc3c(c2C(=O)N(C)O1)CN(C(=O)Nc1ccc(F)c(Cl)c1F)CC3. The fourth-order valence-corrected chi connectivity index (χ4v) is 3.96. The van der Waals surface area contributed by atoms with Gasteiger partial charge in [-0.25, -0.2) is 18.6 Å². The monoisotopic (exact) mass is 482 g/mol. The van der Waals surface area contributed by atoms with Gasteiger partial charge in [0.1, 0.15) is 22.6 Å². The van der Waals surface area contributed by atoms with Crippen LogP contribution in [-0.2, 0) is 29.1 Å². The molecular formula is C20H21ClF2N6O4. The molecule has 2 aliphatic rings. The lowest BCUT2D eigenvalue weighted by atomic mass is 10.1. The highest BCUT2D eigenvalue weighted by Gasteiger charge is 2.35. The van der Waals surface area contributed by atoms with Gasteiger partial charge in [-0.2, -0.15) is 5.10 Å². The highest BCUT2D eigenvalue weighted by molar-refractivity contribution is 6.31. The first-order chi connectivity index (χ1) is 15.7. The molecule has 10 nitrogen and oxygen atoms in total. The second kappa shape index (κ2) is 8.94. The Morgan fingerprint density at radius 1 is 1.33 bits per heavy atom. The molecule has 33 heavy (non-hydrogen) atoms. The highest BCUT2D eigenvalue weighted by atomic mass is 35.5. The Morgan fingerprint density at radius 2 is 2.09 bits per heavy atom. The van der Waals surface area contributed by atoms with E-state index in [0.717, 1.165) is 17.2 Å². The Labute approximate surface area is 192 Å². The van der Waals surface area contributed by atoms with E-state index < -0.39 is 34.7 Å². The molecule has 0 spiro atoms. The predicted molar refractivity (Wildman–Crippen MR) is 112 cm³/mol. The Hall–Kier alpha value is -3.25. The first-order valence-corrected chi connectivity index (χ1v) is 10.5. The number of carbonyl (C=O) groups is 3. The molecule has 2 aromatic rings. The second-order valence-corrected chi connectivity index (χ2v) is 8.13. The van der Waals surface area contributed by atoms with E-state index >= 15 is 0 Å². The molecule has 0 saturated heterocycles. The van der Waals surface area contributed by atoms with Crippen LogP contribution in [0.3, 0.4) is 0 Å². The number of hydroxylamine groups is 2. The number of halogens is 3. The number of nitrogens with zero attached hydrogens (tertiary/aromatic N) is 4. The van der Waals surface area contributed by atoms with Crippen molar-refractivity contribution in [2.45, 2.75) is 32.5 Å². The molecule has 0 fully saturated rings. The van der Waals surface area contributed by atoms with E-state index in [0.29, 0.717) is 17.7 Å². The van der Waals surface area contributed by atoms with Crippen molar-refractivity contribution in [2.75, 3.05) is 25.5 Å². The molecule has 0 aliphatic carbocycles. The third-order valence-electron chi connectivity index (χ3n) is 5.42. The zero-order valence-electron chi connectivity index (χ0n) is 17.8. The van der Waals surface area contributed by atoms with Crippen molar-refractivity contribution in [3.8, 4) is 0 Å². The van der Waals surface area contributed by atoms with Crippen molar-refractivity contribution >= 4 is 35.1 Å². The number of anilines is 1. The van der Waals surface area contributed by atoms with Gasteiger partial charge in [0.15, 0.2) is 5.82 Å². The van der Waals surface area contributed by atoms with E-state index in [-0.39, 0.29) is 43.5 Å². The standard InChI is InChI=1S/C20H21ClF2N6O4/c1-10(30)24-7-11-8-29-18(19(31)27(2)33-11)12-9-28(6-5-14(12)26-29)20(32)25-15-4-3-13(22)16(21)17(15)23/h3-4,11H,5-9H2,1-2H3,(H,24,30)(H,25,32)/t11-/m0/s1. The van der Waals surface area contributed by atoms with Crippen LogP contribution in [0.2, 0.25) is 5.02 Å². The Balaban J connectivity index is 1.55. The molecule has 0 unspecified atom stereocenters. The Bertz CT molecular complexity index is 1140. The van der Waals surface area contributed by atoms with E-state index in [1.54, 1.807) is 0 Å². The van der Waals surface area contributed by atoms with Gasteiger partial charge in [0.05, 0.1) is 24.5 Å². The maximum atomic E-state index is 14.2. The number of amides is 4. The van der Waals surface area contributed by atoms with Crippen molar-refractivity contribution in [2.24, 2.45) is 0 Å². The summed E-state index contributed by atoms with van der Waals surface area (Å²) >= 11 is 5.58. The van der Waals surface area contributed by atoms with Crippen LogP contribution in [0.5, 0.6) is 0 Å². The van der Waals surface area contributed by atoms with Gasteiger partial charge >= 0.3 is 6.03 Å². The Morgan fingerprint density at radius 3 is 2.82 bits per heavy atom. The van der Waals surface area contributed by atoms with Crippen LogP contribution in [-0.4, -0.2) is 63.8 Å². The molecular weight excluding hydrogens is 462 g/mol. The number of hydrogen-bond acceptors (Lipinski definition) is 5. The van der Waals surface area contributed by atoms with E-state index in [1.165, 1.54) is 23.6 Å². The minimum atomic E-state index is -1.07. The fourth-order valence-electron chi connectivity index (χ4n) is 3.79. The van der Waals surface area contributed by atoms with Crippen LogP contribution in [0.4, 0.5) is 19.3 Å². The average molecular weight is 483 g/mol. The van der Waals surface area contributed by atoms with Gasteiger partial charge < -0.3 is 15.5 Å². The lowest BCUT2D eigenvalue weighted by Crippen LogP contribution is -2.40. The third-order valence-corrected chi connectivity index (χ3v) is 5.76. The van der Waals surface area contributed by atoms with Crippen LogP contribution in [0.1, 0.15) is 28.7 Å². The van der Waals surface area contributed by atoms with Gasteiger partial charge in [0.2, 0.25) is 5.91 Å². The number of hydrogen-bond donors (Lipinski definition) is 2. The molecule has 0 bridgehead atoms. The number of fused-ring (bicyclic) bond motifs is 3. The molecule has 3 heterocycles. The Kier molecular flexibility index (Phi) is 6.21. The summed E-state index contributed by atoms with van der Waals surface area (Å²) in [6.07, 6.45) is -0.139. The zero-order valence-corrected chi connectivity index (χ0v) is 18.6. The lowest BCUT2D eigenvalue weighted by molar-refractivity contribution is -0.148. The number of carbonyl (C=O) groups excluding carboxylic acids is 3. The molecule has 4 rings (SSSR count). The van der Waals surface area contributed by atoms with Crippen molar-refractivity contribution in [3.05, 3.63) is 45.7 Å². The summed E-state index contributed by atoms with van der Waals surface area (Å²) in [5.74, 6) is -2.66. The smallest absolute Gasteiger partial charge is 0.322 e. The van der Waals surface area contributed by atoms with Gasteiger partial charge in [-0.1, -0.05) is 11.6 Å². The summed E-state index contributed by atoms with van der Waals surface area (Å²) in [6.45, 7) is 2.14. The number of urea groups is 1. The minimum Gasteiger partial charge on any atom is -0.354 e. The van der Waals surface area contributed by atoms with Crippen molar-refractivity contribution in [3.63, 3.8) is 0 Å². The number of nitrogens with one attached hydrogen (secondary N) is 2. The number of benzene rings is 1. The van der Waals surface area contributed by atoms with Gasteiger partial charge in [-0.3, -0.25) is 19.1 Å². The number of aromatic nitrogens is 2. The summed E-state index contributed by atoms with van der Waals surface area (Å²) in [5.41, 5.74) is 1.27. The molecule has 176 valence electrons. The van der Waals surface area contributed by atoms with E-state index in [9.17, 15) is 23.2 Å². The summed E-state index contributed by atoms with van der Waals surface area (Å²) in [5, 5.41) is 9.95. The summed E-state index contributed by atoms with van der Waals surface area (Å²) < 4.78 is 29.1. The molecule has 1 atom stereocenters. The van der Waals surface area contributed by atoms with Gasteiger partial charge in [0, 0.05) is 39.0 Å². The van der Waals surface area contributed by atoms with Crippen molar-refractivity contribution in [1.29, 1.82) is 0 Å². The molecule has 2 aliphatic heterocycles. The first-order valence-electron chi connectivity index (χ1n) is 10.1. The van der Waals surface area contributed by atoms with Gasteiger partial charge in [0.25, 0.3) is 5.91 Å². The highest BCUT2D eigenvalue weighted by Crippen LogP contribution is 2.28. The summed E-state index contributed by atoms with van der Waals surface area (Å²) in [4.78, 5) is 44.0. The predicted octanol–water partition coefficient (Wildman–Crippen LogP) is 1.93. The van der Waals surface area contributed by atoms with Gasteiger partial charge in [-0.05, 0) is 12.1 Å². The van der Waals surface area contributed by atoms with E-state index in [1.807, 2.05) is 0 Å². The van der Waals surface area contributed by atoms with Crippen molar-refractivity contribution < 1.29 is 28.0 Å². The van der Waals surface area contributed by atoms with Crippen LogP contribution in [0.15, 0.2) is 12.1 Å². The van der Waals surface area contributed by atoms with E-state index in [4.69, 9.17) is 16.4 Å². The lowest BCUT2D eigenvalue weighted by Gasteiger charge is -2.27. The molecule has 1 aromatic heterocycles. The topological polar surface area (TPSA) is 109 Å². The fraction of sp³-hybridized carbons (Fsp3) is 0.400. The molecule has 4 amide bonds. The largest absolute Gasteiger partial charge is 0.354 e. The quantitative estimate of drug-likeness (QED) is 0.650. The average Bonchev–Trinajstić information content (AvgIpc) is 3.08. The van der Waals surface area contributed by atoms with Crippen molar-refractivity contribution in [1.82, 2.24) is 25.1 Å². The van der Waals surface area contributed by atoms with Crippen LogP contribution >= 0.6 is 11.6 Å².